The first-order valence-corrected chi connectivity index (χ1v) is 6.44. The van der Waals surface area contributed by atoms with Gasteiger partial charge in [0.2, 0.25) is 0 Å². The van der Waals surface area contributed by atoms with E-state index in [0.29, 0.717) is 5.92 Å². The molecule has 1 aliphatic rings. The van der Waals surface area contributed by atoms with Crippen LogP contribution in [0.4, 0.5) is 0 Å². The van der Waals surface area contributed by atoms with Gasteiger partial charge in [-0.25, -0.2) is 0 Å². The summed E-state index contributed by atoms with van der Waals surface area (Å²) in [6.45, 7) is 5.39. The fourth-order valence-corrected chi connectivity index (χ4v) is 2.73. The zero-order valence-electron chi connectivity index (χ0n) is 10.6. The molecule has 3 heterocycles. The lowest BCUT2D eigenvalue weighted by Crippen LogP contribution is -2.20. The molecule has 2 aromatic rings. The maximum Gasteiger partial charge on any atom is 0.0519 e. The number of aryl methyl sites for hydroxylation is 1. The summed E-state index contributed by atoms with van der Waals surface area (Å²) in [5, 5.41) is 7.26. The molecule has 0 amide bonds. The Balaban J connectivity index is 1.64. The molecule has 0 saturated carbocycles. The van der Waals surface area contributed by atoms with Crippen molar-refractivity contribution in [2.45, 2.75) is 25.8 Å². The van der Waals surface area contributed by atoms with E-state index >= 15 is 0 Å². The summed E-state index contributed by atoms with van der Waals surface area (Å²) in [5.74, 6) is 0.601. The van der Waals surface area contributed by atoms with Crippen LogP contribution in [0.25, 0.3) is 0 Å². The lowest BCUT2D eigenvalue weighted by atomic mass is 10.0. The zero-order chi connectivity index (χ0) is 12.4. The minimum Gasteiger partial charge on any atom is -0.298 e. The van der Waals surface area contributed by atoms with Crippen molar-refractivity contribution in [3.05, 3.63) is 47.5 Å². The monoisotopic (exact) mass is 242 g/mol. The smallest absolute Gasteiger partial charge is 0.0519 e. The van der Waals surface area contributed by atoms with Crippen molar-refractivity contribution < 1.29 is 0 Å². The second-order valence-corrected chi connectivity index (χ2v) is 5.05. The molecule has 0 aromatic carbocycles. The zero-order valence-corrected chi connectivity index (χ0v) is 10.6. The first-order chi connectivity index (χ1) is 8.83. The first kappa shape index (κ1) is 11.4. The standard InChI is InChI=1S/C14H18N4/c1-11-7-16-17-14(11)13-4-6-18(10-13)9-12-3-2-5-15-8-12/h2-3,5,7-8,13H,4,6,9-10H2,1H3,(H,16,17)/t13-/m0/s1. The normalized spacial score (nSPS) is 20.4. The van der Waals surface area contributed by atoms with Gasteiger partial charge in [-0.2, -0.15) is 5.10 Å². The summed E-state index contributed by atoms with van der Waals surface area (Å²) in [7, 11) is 0. The molecule has 0 bridgehead atoms. The third-order valence-electron chi connectivity index (χ3n) is 3.68. The topological polar surface area (TPSA) is 44.8 Å². The molecule has 1 saturated heterocycles. The molecule has 1 N–H and O–H groups in total. The fourth-order valence-electron chi connectivity index (χ4n) is 2.73. The molecular weight excluding hydrogens is 224 g/mol. The maximum absolute atomic E-state index is 4.17. The summed E-state index contributed by atoms with van der Waals surface area (Å²) in [6.07, 6.45) is 6.90. The number of nitrogens with zero attached hydrogens (tertiary/aromatic N) is 3. The quantitative estimate of drug-likeness (QED) is 0.896. The Morgan fingerprint density at radius 3 is 3.11 bits per heavy atom. The van der Waals surface area contributed by atoms with Crippen LogP contribution in [0.3, 0.4) is 0 Å². The van der Waals surface area contributed by atoms with Gasteiger partial charge in [0.25, 0.3) is 0 Å². The molecule has 1 fully saturated rings. The molecule has 18 heavy (non-hydrogen) atoms. The number of pyridine rings is 1. The van der Waals surface area contributed by atoms with Crippen molar-refractivity contribution in [1.82, 2.24) is 20.1 Å². The van der Waals surface area contributed by atoms with Crippen molar-refractivity contribution in [2.24, 2.45) is 0 Å². The Kier molecular flexibility index (Phi) is 3.11. The van der Waals surface area contributed by atoms with Gasteiger partial charge in [0.05, 0.1) is 6.20 Å². The molecule has 0 radical (unpaired) electrons. The van der Waals surface area contributed by atoms with Gasteiger partial charge >= 0.3 is 0 Å². The number of rotatable bonds is 3. The van der Waals surface area contributed by atoms with E-state index in [0.717, 1.165) is 19.6 Å². The van der Waals surface area contributed by atoms with Gasteiger partial charge in [0, 0.05) is 37.1 Å². The maximum atomic E-state index is 4.17. The van der Waals surface area contributed by atoms with Crippen LogP contribution in [0, 0.1) is 6.92 Å². The number of aromatic nitrogens is 3. The minimum absolute atomic E-state index is 0.601. The van der Waals surface area contributed by atoms with Crippen molar-refractivity contribution in [2.75, 3.05) is 13.1 Å². The highest BCUT2D eigenvalue weighted by Gasteiger charge is 2.25. The Morgan fingerprint density at radius 1 is 1.44 bits per heavy atom. The van der Waals surface area contributed by atoms with E-state index in [4.69, 9.17) is 0 Å². The number of likely N-dealkylation sites (tertiary alicyclic amines) is 1. The van der Waals surface area contributed by atoms with Crippen LogP contribution in [0.1, 0.15) is 29.2 Å². The molecule has 4 heteroatoms. The van der Waals surface area contributed by atoms with E-state index < -0.39 is 0 Å². The van der Waals surface area contributed by atoms with Gasteiger partial charge in [0.1, 0.15) is 0 Å². The summed E-state index contributed by atoms with van der Waals surface area (Å²) in [4.78, 5) is 6.65. The van der Waals surface area contributed by atoms with Crippen molar-refractivity contribution in [1.29, 1.82) is 0 Å². The predicted octanol–water partition coefficient (Wildman–Crippen LogP) is 2.10. The second-order valence-electron chi connectivity index (χ2n) is 5.05. The molecular formula is C14H18N4. The SMILES string of the molecule is Cc1cn[nH]c1[C@H]1CCN(Cc2cccnc2)C1. The molecule has 2 aromatic heterocycles. The number of aromatic amines is 1. The molecule has 0 spiro atoms. The largest absolute Gasteiger partial charge is 0.298 e. The van der Waals surface area contributed by atoms with Gasteiger partial charge in [-0.15, -0.1) is 0 Å². The average Bonchev–Trinajstić information content (AvgIpc) is 2.99. The average molecular weight is 242 g/mol. The fraction of sp³-hybridized carbons (Fsp3) is 0.429. The summed E-state index contributed by atoms with van der Waals surface area (Å²) < 4.78 is 0. The predicted molar refractivity (Wildman–Crippen MR) is 70.2 cm³/mol. The molecule has 4 nitrogen and oxygen atoms in total. The Bertz CT molecular complexity index is 506. The Labute approximate surface area is 107 Å². The number of hydrogen-bond donors (Lipinski definition) is 1. The van der Waals surface area contributed by atoms with E-state index in [1.165, 1.54) is 23.2 Å². The highest BCUT2D eigenvalue weighted by atomic mass is 15.2. The van der Waals surface area contributed by atoms with Crippen LogP contribution >= 0.6 is 0 Å². The van der Waals surface area contributed by atoms with Crippen LogP contribution in [-0.2, 0) is 6.54 Å². The highest BCUT2D eigenvalue weighted by Crippen LogP contribution is 2.28. The molecule has 94 valence electrons. The molecule has 0 unspecified atom stereocenters. The van der Waals surface area contributed by atoms with Crippen LogP contribution in [0.5, 0.6) is 0 Å². The second kappa shape index (κ2) is 4.90. The van der Waals surface area contributed by atoms with Gasteiger partial charge in [-0.3, -0.25) is 15.0 Å². The lowest BCUT2D eigenvalue weighted by Gasteiger charge is -2.15. The molecule has 3 rings (SSSR count). The molecule has 1 atom stereocenters. The van der Waals surface area contributed by atoms with E-state index in [9.17, 15) is 0 Å². The third-order valence-corrected chi connectivity index (χ3v) is 3.68. The first-order valence-electron chi connectivity index (χ1n) is 6.44. The van der Waals surface area contributed by atoms with Crippen molar-refractivity contribution >= 4 is 0 Å². The Morgan fingerprint density at radius 2 is 2.39 bits per heavy atom. The van der Waals surface area contributed by atoms with E-state index in [1.54, 1.807) is 0 Å². The molecule has 0 aliphatic carbocycles. The van der Waals surface area contributed by atoms with Crippen molar-refractivity contribution in [3.8, 4) is 0 Å². The molecule has 1 aliphatic heterocycles. The van der Waals surface area contributed by atoms with Crippen LogP contribution in [0.2, 0.25) is 0 Å². The Hall–Kier alpha value is -1.68. The van der Waals surface area contributed by atoms with Crippen LogP contribution in [-0.4, -0.2) is 33.2 Å². The van der Waals surface area contributed by atoms with Gasteiger partial charge in [0.15, 0.2) is 0 Å². The third kappa shape index (κ3) is 2.29. The van der Waals surface area contributed by atoms with Gasteiger partial charge in [-0.05, 0) is 37.1 Å². The van der Waals surface area contributed by atoms with E-state index in [2.05, 4.69) is 33.1 Å². The van der Waals surface area contributed by atoms with E-state index in [-0.39, 0.29) is 0 Å². The van der Waals surface area contributed by atoms with Gasteiger partial charge in [-0.1, -0.05) is 6.07 Å². The van der Waals surface area contributed by atoms with Crippen LogP contribution < -0.4 is 0 Å². The minimum atomic E-state index is 0.601. The summed E-state index contributed by atoms with van der Waals surface area (Å²) >= 11 is 0. The van der Waals surface area contributed by atoms with Crippen molar-refractivity contribution in [3.63, 3.8) is 0 Å². The van der Waals surface area contributed by atoms with E-state index in [1.807, 2.05) is 24.7 Å². The number of nitrogens with one attached hydrogen (secondary N) is 1. The number of hydrogen-bond acceptors (Lipinski definition) is 3. The summed E-state index contributed by atoms with van der Waals surface area (Å²) in [5.41, 5.74) is 3.88. The van der Waals surface area contributed by atoms with Crippen LogP contribution in [0.15, 0.2) is 30.7 Å². The highest BCUT2D eigenvalue weighted by molar-refractivity contribution is 5.20. The van der Waals surface area contributed by atoms with Gasteiger partial charge < -0.3 is 0 Å². The lowest BCUT2D eigenvalue weighted by molar-refractivity contribution is 0.326. The summed E-state index contributed by atoms with van der Waals surface area (Å²) in [6, 6.07) is 4.14. The number of H-pyrrole nitrogens is 1.